The lowest BCUT2D eigenvalue weighted by Crippen LogP contribution is -2.19. The van der Waals surface area contributed by atoms with Crippen LogP contribution < -0.4 is 5.32 Å². The number of hydrogen-bond donors (Lipinski definition) is 1. The zero-order valence-electron chi connectivity index (χ0n) is 9.27. The van der Waals surface area contributed by atoms with Gasteiger partial charge >= 0.3 is 0 Å². The van der Waals surface area contributed by atoms with Crippen LogP contribution in [0.25, 0.3) is 0 Å². The smallest absolute Gasteiger partial charge is 0.128 e. The molecule has 0 aromatic carbocycles. The Bertz CT molecular complexity index is 450. The first-order chi connectivity index (χ1) is 7.68. The van der Waals surface area contributed by atoms with Gasteiger partial charge in [0.05, 0.1) is 12.7 Å². The number of nitrogens with one attached hydrogen (secondary N) is 1. The summed E-state index contributed by atoms with van der Waals surface area (Å²) in [5.41, 5.74) is 0. The van der Waals surface area contributed by atoms with Crippen molar-refractivity contribution in [2.75, 3.05) is 0 Å². The van der Waals surface area contributed by atoms with Gasteiger partial charge in [0.2, 0.25) is 0 Å². The van der Waals surface area contributed by atoms with E-state index in [0.717, 1.165) is 12.4 Å². The molecular weight excluding hydrogens is 242 g/mol. The van der Waals surface area contributed by atoms with Crippen LogP contribution in [0.15, 0.2) is 23.7 Å². The Balaban J connectivity index is 1.95. The second-order valence-electron chi connectivity index (χ2n) is 3.67. The van der Waals surface area contributed by atoms with Crippen molar-refractivity contribution >= 4 is 22.9 Å². The average molecular weight is 256 g/mol. The summed E-state index contributed by atoms with van der Waals surface area (Å²) in [5.74, 6) is 0.952. The third-order valence-electron chi connectivity index (χ3n) is 2.56. The summed E-state index contributed by atoms with van der Waals surface area (Å²) in [6.45, 7) is 2.87. The van der Waals surface area contributed by atoms with Gasteiger partial charge in [0.15, 0.2) is 0 Å². The van der Waals surface area contributed by atoms with E-state index < -0.39 is 0 Å². The van der Waals surface area contributed by atoms with E-state index in [9.17, 15) is 0 Å². The molecule has 0 bridgehead atoms. The molecule has 0 aliphatic rings. The second kappa shape index (κ2) is 4.99. The molecule has 0 aliphatic heterocycles. The van der Waals surface area contributed by atoms with Crippen molar-refractivity contribution in [2.45, 2.75) is 19.5 Å². The van der Waals surface area contributed by atoms with E-state index in [1.807, 2.05) is 11.6 Å². The van der Waals surface area contributed by atoms with E-state index in [-0.39, 0.29) is 0 Å². The van der Waals surface area contributed by atoms with Crippen LogP contribution in [-0.4, -0.2) is 9.55 Å². The van der Waals surface area contributed by atoms with Gasteiger partial charge in [-0.05, 0) is 18.4 Å². The second-order valence-corrected chi connectivity index (χ2v) is 5.04. The summed E-state index contributed by atoms with van der Waals surface area (Å²) in [5, 5.41) is 6.18. The average Bonchev–Trinajstić information content (AvgIpc) is 2.89. The normalized spacial score (nSPS) is 12.9. The van der Waals surface area contributed by atoms with Gasteiger partial charge < -0.3 is 9.88 Å². The van der Waals surface area contributed by atoms with Gasteiger partial charge in [-0.3, -0.25) is 0 Å². The predicted octanol–water partition coefficient (Wildman–Crippen LogP) is 2.99. The van der Waals surface area contributed by atoms with Crippen LogP contribution in [0.2, 0.25) is 5.15 Å². The van der Waals surface area contributed by atoms with Crippen molar-refractivity contribution < 1.29 is 0 Å². The molecule has 0 spiro atoms. The number of hydrogen-bond acceptors (Lipinski definition) is 3. The Morgan fingerprint density at radius 3 is 3.00 bits per heavy atom. The Kier molecular flexibility index (Phi) is 3.63. The fourth-order valence-electron chi connectivity index (χ4n) is 1.47. The van der Waals surface area contributed by atoms with Crippen molar-refractivity contribution in [3.05, 3.63) is 39.6 Å². The molecular formula is C11H14ClN3S. The number of thiophene rings is 1. The molecule has 0 aliphatic carbocycles. The zero-order chi connectivity index (χ0) is 11.5. The third kappa shape index (κ3) is 2.45. The molecule has 2 rings (SSSR count). The molecule has 16 heavy (non-hydrogen) atoms. The topological polar surface area (TPSA) is 29.9 Å². The molecule has 2 aromatic rings. The first-order valence-corrected chi connectivity index (χ1v) is 6.37. The van der Waals surface area contributed by atoms with E-state index in [4.69, 9.17) is 11.6 Å². The standard InChI is InChI=1S/C11H14ClN3S/c1-8(9-4-3-5-16-9)13-7-11-14-6-10(12)15(11)2/h3-6,8,13H,7H2,1-2H3/t8-/m0/s1. The van der Waals surface area contributed by atoms with Crippen molar-refractivity contribution in [3.63, 3.8) is 0 Å². The van der Waals surface area contributed by atoms with Crippen LogP contribution >= 0.6 is 22.9 Å². The van der Waals surface area contributed by atoms with Crippen LogP contribution in [0.3, 0.4) is 0 Å². The molecule has 0 amide bonds. The molecule has 0 radical (unpaired) electrons. The highest BCUT2D eigenvalue weighted by atomic mass is 35.5. The molecule has 2 aromatic heterocycles. The van der Waals surface area contributed by atoms with E-state index in [0.29, 0.717) is 11.2 Å². The minimum absolute atomic E-state index is 0.343. The molecule has 86 valence electrons. The molecule has 0 fully saturated rings. The summed E-state index contributed by atoms with van der Waals surface area (Å²) >= 11 is 7.68. The molecule has 2 heterocycles. The van der Waals surface area contributed by atoms with Crippen molar-refractivity contribution in [1.29, 1.82) is 0 Å². The Labute approximate surface area is 104 Å². The number of imidazole rings is 1. The largest absolute Gasteiger partial charge is 0.321 e. The van der Waals surface area contributed by atoms with Crippen molar-refractivity contribution in [3.8, 4) is 0 Å². The molecule has 0 saturated carbocycles. The van der Waals surface area contributed by atoms with Crippen LogP contribution in [0.1, 0.15) is 23.7 Å². The van der Waals surface area contributed by atoms with Gasteiger partial charge in [-0.15, -0.1) is 11.3 Å². The fourth-order valence-corrected chi connectivity index (χ4v) is 2.38. The lowest BCUT2D eigenvalue weighted by atomic mass is 10.3. The number of rotatable bonds is 4. The maximum absolute atomic E-state index is 5.92. The van der Waals surface area contributed by atoms with E-state index >= 15 is 0 Å². The predicted molar refractivity (Wildman–Crippen MR) is 67.8 cm³/mol. The zero-order valence-corrected chi connectivity index (χ0v) is 10.8. The van der Waals surface area contributed by atoms with Crippen LogP contribution in [-0.2, 0) is 13.6 Å². The van der Waals surface area contributed by atoms with Crippen LogP contribution in [0.5, 0.6) is 0 Å². The monoisotopic (exact) mass is 255 g/mol. The highest BCUT2D eigenvalue weighted by Crippen LogP contribution is 2.18. The van der Waals surface area contributed by atoms with Gasteiger partial charge in [-0.25, -0.2) is 4.98 Å². The SMILES string of the molecule is C[C@H](NCc1ncc(Cl)n1C)c1cccs1. The van der Waals surface area contributed by atoms with Gasteiger partial charge in [-0.1, -0.05) is 17.7 Å². The maximum atomic E-state index is 5.92. The van der Waals surface area contributed by atoms with Gasteiger partial charge in [-0.2, -0.15) is 0 Å². The lowest BCUT2D eigenvalue weighted by molar-refractivity contribution is 0.556. The summed E-state index contributed by atoms with van der Waals surface area (Å²) in [7, 11) is 1.92. The number of aromatic nitrogens is 2. The molecule has 0 unspecified atom stereocenters. The first-order valence-electron chi connectivity index (χ1n) is 5.11. The molecule has 5 heteroatoms. The van der Waals surface area contributed by atoms with E-state index in [1.54, 1.807) is 17.5 Å². The molecule has 1 atom stereocenters. The quantitative estimate of drug-likeness (QED) is 0.910. The fraction of sp³-hybridized carbons (Fsp3) is 0.364. The van der Waals surface area contributed by atoms with Crippen LogP contribution in [0, 0.1) is 0 Å². The highest BCUT2D eigenvalue weighted by Gasteiger charge is 2.08. The number of nitrogens with zero attached hydrogens (tertiary/aromatic N) is 2. The Morgan fingerprint density at radius 1 is 1.62 bits per heavy atom. The summed E-state index contributed by atoms with van der Waals surface area (Å²) < 4.78 is 1.88. The Morgan fingerprint density at radius 2 is 2.44 bits per heavy atom. The van der Waals surface area contributed by atoms with E-state index in [2.05, 4.69) is 34.7 Å². The summed E-state index contributed by atoms with van der Waals surface area (Å²) in [4.78, 5) is 5.57. The minimum atomic E-state index is 0.343. The third-order valence-corrected chi connectivity index (χ3v) is 3.97. The first kappa shape index (κ1) is 11.6. The lowest BCUT2D eigenvalue weighted by Gasteiger charge is -2.11. The Hall–Kier alpha value is -0.840. The van der Waals surface area contributed by atoms with Gasteiger partial charge in [0.1, 0.15) is 11.0 Å². The summed E-state index contributed by atoms with van der Waals surface area (Å²) in [6, 6.07) is 4.54. The van der Waals surface area contributed by atoms with E-state index in [1.165, 1.54) is 4.88 Å². The highest BCUT2D eigenvalue weighted by molar-refractivity contribution is 7.10. The van der Waals surface area contributed by atoms with Gasteiger partial charge in [0.25, 0.3) is 0 Å². The minimum Gasteiger partial charge on any atom is -0.321 e. The van der Waals surface area contributed by atoms with Crippen LogP contribution in [0.4, 0.5) is 0 Å². The molecule has 3 nitrogen and oxygen atoms in total. The van der Waals surface area contributed by atoms with Gasteiger partial charge in [0, 0.05) is 18.0 Å². The van der Waals surface area contributed by atoms with Crippen molar-refractivity contribution in [1.82, 2.24) is 14.9 Å². The van der Waals surface area contributed by atoms with Crippen molar-refractivity contribution in [2.24, 2.45) is 7.05 Å². The summed E-state index contributed by atoms with van der Waals surface area (Å²) in [6.07, 6.45) is 1.67. The number of halogens is 1. The molecule has 0 saturated heterocycles. The molecule has 1 N–H and O–H groups in total. The maximum Gasteiger partial charge on any atom is 0.128 e.